The molecule has 4 heterocycles. The number of morpholine rings is 1. The molecule has 0 amide bonds. The number of carbonyl (C=O) groups is 1. The molecule has 1 saturated heterocycles. The van der Waals surface area contributed by atoms with Crippen molar-refractivity contribution in [3.63, 3.8) is 0 Å². The van der Waals surface area contributed by atoms with Gasteiger partial charge in [0.2, 0.25) is 5.95 Å². The number of aromatic nitrogens is 3. The van der Waals surface area contributed by atoms with E-state index in [1.807, 2.05) is 37.1 Å². The number of ether oxygens (including phenoxy) is 1. The van der Waals surface area contributed by atoms with Crippen molar-refractivity contribution < 1.29 is 13.9 Å². The number of hydrogen-bond acceptors (Lipinski definition) is 11. The van der Waals surface area contributed by atoms with E-state index in [1.54, 1.807) is 12.3 Å². The fraction of sp³-hybridized carbons (Fsp3) is 0.292. The fourth-order valence-electron chi connectivity index (χ4n) is 4.10. The Morgan fingerprint density at radius 3 is 2.69 bits per heavy atom. The molecule has 0 radical (unpaired) electrons. The van der Waals surface area contributed by atoms with E-state index in [0.717, 1.165) is 21.4 Å². The van der Waals surface area contributed by atoms with Crippen molar-refractivity contribution in [2.24, 2.45) is 0 Å². The van der Waals surface area contributed by atoms with Crippen LogP contribution >= 0.6 is 11.3 Å². The number of benzene rings is 1. The average molecular weight is 493 g/mol. The molecular weight excluding hydrogens is 468 g/mol. The molecule has 1 aromatic carbocycles. The Bertz CT molecular complexity index is 1470. The Balaban J connectivity index is 1.52. The molecule has 0 bridgehead atoms. The Hall–Kier alpha value is -3.83. The lowest BCUT2D eigenvalue weighted by Crippen LogP contribution is -2.38. The first-order chi connectivity index (χ1) is 16.9. The first kappa shape index (κ1) is 22.9. The lowest BCUT2D eigenvalue weighted by molar-refractivity contribution is 0.101. The summed E-state index contributed by atoms with van der Waals surface area (Å²) < 4.78 is 11.0. The predicted octanol–water partition coefficient (Wildman–Crippen LogP) is 3.84. The SMILES string of the molecule is CNc1nc(C)c(-c2ccnc(Nc3ccc4c(N5CCOCC5)c(C(C)=O)c(=O)oc4c3)n2)s1. The van der Waals surface area contributed by atoms with Gasteiger partial charge in [-0.25, -0.2) is 19.7 Å². The lowest BCUT2D eigenvalue weighted by atomic mass is 10.1. The van der Waals surface area contributed by atoms with Crippen molar-refractivity contribution in [3.05, 3.63) is 52.1 Å². The third-order valence-corrected chi connectivity index (χ3v) is 6.91. The second kappa shape index (κ2) is 9.43. The van der Waals surface area contributed by atoms with Crippen LogP contribution in [0, 0.1) is 6.92 Å². The van der Waals surface area contributed by atoms with Gasteiger partial charge in [-0.15, -0.1) is 0 Å². The van der Waals surface area contributed by atoms with Crippen LogP contribution in [-0.2, 0) is 4.74 Å². The summed E-state index contributed by atoms with van der Waals surface area (Å²) in [6.07, 6.45) is 1.68. The van der Waals surface area contributed by atoms with E-state index in [1.165, 1.54) is 18.3 Å². The van der Waals surface area contributed by atoms with Gasteiger partial charge < -0.3 is 24.7 Å². The number of ketones is 1. The number of anilines is 4. The Labute approximate surface area is 205 Å². The predicted molar refractivity (Wildman–Crippen MR) is 136 cm³/mol. The molecule has 10 nitrogen and oxygen atoms in total. The van der Waals surface area contributed by atoms with Crippen LogP contribution in [0.4, 0.5) is 22.5 Å². The minimum atomic E-state index is -0.650. The molecule has 1 aliphatic rings. The molecule has 0 unspecified atom stereocenters. The number of thiazole rings is 1. The molecule has 0 saturated carbocycles. The number of rotatable bonds is 6. The van der Waals surface area contributed by atoms with Crippen molar-refractivity contribution in [2.75, 3.05) is 48.9 Å². The van der Waals surface area contributed by atoms with Crippen LogP contribution in [0.3, 0.4) is 0 Å². The van der Waals surface area contributed by atoms with E-state index in [2.05, 4.69) is 25.6 Å². The Morgan fingerprint density at radius 1 is 1.17 bits per heavy atom. The second-order valence-corrected chi connectivity index (χ2v) is 9.05. The summed E-state index contributed by atoms with van der Waals surface area (Å²) in [6, 6.07) is 7.25. The van der Waals surface area contributed by atoms with Crippen LogP contribution in [0.25, 0.3) is 21.5 Å². The van der Waals surface area contributed by atoms with E-state index >= 15 is 0 Å². The summed E-state index contributed by atoms with van der Waals surface area (Å²) in [5.74, 6) is 0.0751. The maximum absolute atomic E-state index is 12.8. The number of nitrogens with one attached hydrogen (secondary N) is 2. The van der Waals surface area contributed by atoms with Gasteiger partial charge in [0.25, 0.3) is 0 Å². The summed E-state index contributed by atoms with van der Waals surface area (Å²) in [5, 5.41) is 7.75. The maximum atomic E-state index is 12.8. The number of aryl methyl sites for hydroxylation is 1. The maximum Gasteiger partial charge on any atom is 0.349 e. The summed E-state index contributed by atoms with van der Waals surface area (Å²) >= 11 is 1.52. The highest BCUT2D eigenvalue weighted by atomic mass is 32.1. The van der Waals surface area contributed by atoms with Gasteiger partial charge in [0, 0.05) is 43.5 Å². The van der Waals surface area contributed by atoms with Gasteiger partial charge in [-0.2, -0.15) is 0 Å². The number of nitrogens with zero attached hydrogens (tertiary/aromatic N) is 4. The molecule has 0 spiro atoms. The zero-order valence-corrected chi connectivity index (χ0v) is 20.4. The molecule has 5 rings (SSSR count). The van der Waals surface area contributed by atoms with Crippen molar-refractivity contribution in [1.29, 1.82) is 0 Å². The van der Waals surface area contributed by atoms with Crippen molar-refractivity contribution >= 4 is 50.5 Å². The third kappa shape index (κ3) is 4.47. The van der Waals surface area contributed by atoms with E-state index in [9.17, 15) is 9.59 Å². The number of hydrogen-bond donors (Lipinski definition) is 2. The van der Waals surface area contributed by atoms with Gasteiger partial charge in [0.1, 0.15) is 11.1 Å². The first-order valence-corrected chi connectivity index (χ1v) is 12.0. The Morgan fingerprint density at radius 2 is 1.97 bits per heavy atom. The van der Waals surface area contributed by atoms with Crippen molar-refractivity contribution in [1.82, 2.24) is 15.0 Å². The van der Waals surface area contributed by atoms with Gasteiger partial charge in [-0.3, -0.25) is 4.79 Å². The number of Topliss-reactive ketones (excluding diaryl/α,β-unsaturated/α-hetero) is 1. The van der Waals surface area contributed by atoms with Gasteiger partial charge in [0.15, 0.2) is 10.9 Å². The largest absolute Gasteiger partial charge is 0.422 e. The molecule has 180 valence electrons. The average Bonchev–Trinajstić information content (AvgIpc) is 3.24. The van der Waals surface area contributed by atoms with Gasteiger partial charge in [-0.1, -0.05) is 11.3 Å². The smallest absolute Gasteiger partial charge is 0.349 e. The van der Waals surface area contributed by atoms with E-state index in [4.69, 9.17) is 9.15 Å². The van der Waals surface area contributed by atoms with Crippen molar-refractivity contribution in [3.8, 4) is 10.6 Å². The molecule has 3 aromatic heterocycles. The number of fused-ring (bicyclic) bond motifs is 1. The molecule has 1 fully saturated rings. The van der Waals surface area contributed by atoms with Gasteiger partial charge in [-0.05, 0) is 32.0 Å². The highest BCUT2D eigenvalue weighted by Gasteiger charge is 2.24. The summed E-state index contributed by atoms with van der Waals surface area (Å²) in [6.45, 7) is 5.56. The van der Waals surface area contributed by atoms with Gasteiger partial charge in [0.05, 0.1) is 35.2 Å². The van der Waals surface area contributed by atoms with E-state index in [0.29, 0.717) is 54.6 Å². The van der Waals surface area contributed by atoms with E-state index in [-0.39, 0.29) is 11.3 Å². The summed E-state index contributed by atoms with van der Waals surface area (Å²) in [4.78, 5) is 41.5. The monoisotopic (exact) mass is 492 g/mol. The van der Waals surface area contributed by atoms with Crippen LogP contribution in [0.5, 0.6) is 0 Å². The number of carbonyl (C=O) groups excluding carboxylic acids is 1. The molecule has 0 atom stereocenters. The standard InChI is InChI=1S/C24H24N6O4S/c1-13-21(35-24(25-3)27-13)17-6-7-26-23(29-17)28-15-4-5-16-18(12-15)34-22(32)19(14(2)31)20(16)30-8-10-33-11-9-30/h4-7,12H,8-11H2,1-3H3,(H,25,27)(H,26,28,29). The minimum Gasteiger partial charge on any atom is -0.422 e. The summed E-state index contributed by atoms with van der Waals surface area (Å²) in [7, 11) is 1.83. The molecule has 11 heteroatoms. The first-order valence-electron chi connectivity index (χ1n) is 11.1. The van der Waals surface area contributed by atoms with Crippen molar-refractivity contribution in [2.45, 2.75) is 13.8 Å². The molecule has 1 aliphatic heterocycles. The van der Waals surface area contributed by atoms with E-state index < -0.39 is 5.63 Å². The molecule has 0 aliphatic carbocycles. The quantitative estimate of drug-likeness (QED) is 0.303. The summed E-state index contributed by atoms with van der Waals surface area (Å²) in [5.41, 5.74) is 2.68. The highest BCUT2D eigenvalue weighted by Crippen LogP contribution is 2.33. The van der Waals surface area contributed by atoms with Crippen LogP contribution in [0.1, 0.15) is 23.0 Å². The third-order valence-electron chi connectivity index (χ3n) is 5.71. The molecule has 35 heavy (non-hydrogen) atoms. The molecule has 2 N–H and O–H groups in total. The van der Waals surface area contributed by atoms with Crippen LogP contribution in [0.15, 0.2) is 39.7 Å². The molecular formula is C24H24N6O4S. The zero-order valence-electron chi connectivity index (χ0n) is 19.5. The lowest BCUT2D eigenvalue weighted by Gasteiger charge is -2.30. The van der Waals surface area contributed by atoms with Gasteiger partial charge >= 0.3 is 5.63 Å². The normalized spacial score (nSPS) is 13.7. The minimum absolute atomic E-state index is 0.0667. The molecule has 4 aromatic rings. The topological polar surface area (TPSA) is 122 Å². The second-order valence-electron chi connectivity index (χ2n) is 8.05. The highest BCUT2D eigenvalue weighted by molar-refractivity contribution is 7.19. The van der Waals surface area contributed by atoms with Crippen LogP contribution in [0.2, 0.25) is 0 Å². The zero-order chi connectivity index (χ0) is 24.5. The van der Waals surface area contributed by atoms with Crippen LogP contribution < -0.4 is 21.2 Å². The fourth-order valence-corrected chi connectivity index (χ4v) is 4.99. The Kier molecular flexibility index (Phi) is 6.18. The van der Waals surface area contributed by atoms with Crippen LogP contribution in [-0.4, -0.2) is 54.1 Å².